The Bertz CT molecular complexity index is 1310. The number of hydrogen-bond donors (Lipinski definition) is 2. The van der Waals surface area contributed by atoms with E-state index in [0.29, 0.717) is 49.2 Å². The molecule has 1 saturated heterocycles. The number of nitrogens with one attached hydrogen (secondary N) is 2. The average Bonchev–Trinajstić information content (AvgIpc) is 3.45. The smallest absolute Gasteiger partial charge is 0.336 e. The largest absolute Gasteiger partial charge is 0.477 e. The molecule has 0 bridgehead atoms. The lowest BCUT2D eigenvalue weighted by Crippen LogP contribution is -2.30. The van der Waals surface area contributed by atoms with Gasteiger partial charge in [-0.1, -0.05) is 13.8 Å². The Kier molecular flexibility index (Phi) is 6.77. The molecule has 0 aliphatic carbocycles. The SMILES string of the molecule is CCOc1nc2ccc(-c3[nH]c4ccc(OCC5CCNCC5)nc4c3C(C)C)c(OCC)n2n1. The van der Waals surface area contributed by atoms with Gasteiger partial charge in [0.1, 0.15) is 0 Å². The van der Waals surface area contributed by atoms with E-state index in [2.05, 4.69) is 40.3 Å². The predicted molar refractivity (Wildman–Crippen MR) is 136 cm³/mol. The Morgan fingerprint density at radius 2 is 1.80 bits per heavy atom. The number of H-pyrrole nitrogens is 1. The molecule has 9 nitrogen and oxygen atoms in total. The lowest BCUT2D eigenvalue weighted by Gasteiger charge is -2.22. The summed E-state index contributed by atoms with van der Waals surface area (Å²) in [6, 6.07) is 8.30. The van der Waals surface area contributed by atoms with Crippen LogP contribution in [0.4, 0.5) is 0 Å². The van der Waals surface area contributed by atoms with Crippen LogP contribution in [-0.2, 0) is 0 Å². The molecule has 1 aliphatic heterocycles. The molecule has 35 heavy (non-hydrogen) atoms. The zero-order chi connectivity index (χ0) is 24.4. The molecule has 1 fully saturated rings. The second-order valence-corrected chi connectivity index (χ2v) is 9.20. The van der Waals surface area contributed by atoms with Crippen molar-refractivity contribution in [2.75, 3.05) is 32.9 Å². The lowest BCUT2D eigenvalue weighted by molar-refractivity contribution is 0.209. The fraction of sp³-hybridized carbons (Fsp3) is 0.500. The van der Waals surface area contributed by atoms with Gasteiger partial charge in [0.05, 0.1) is 42.1 Å². The van der Waals surface area contributed by atoms with Crippen LogP contribution in [0.15, 0.2) is 24.3 Å². The third-order valence-electron chi connectivity index (χ3n) is 6.42. The van der Waals surface area contributed by atoms with E-state index in [0.717, 1.165) is 53.8 Å². The van der Waals surface area contributed by atoms with E-state index in [1.807, 2.05) is 32.0 Å². The van der Waals surface area contributed by atoms with Crippen LogP contribution < -0.4 is 19.5 Å². The van der Waals surface area contributed by atoms with Crippen LogP contribution in [0.25, 0.3) is 27.9 Å². The highest BCUT2D eigenvalue weighted by molar-refractivity contribution is 5.90. The number of aromatic nitrogens is 5. The van der Waals surface area contributed by atoms with Crippen LogP contribution in [0.3, 0.4) is 0 Å². The number of rotatable bonds is 9. The molecule has 9 heteroatoms. The van der Waals surface area contributed by atoms with Gasteiger partial charge >= 0.3 is 6.01 Å². The molecule has 186 valence electrons. The van der Waals surface area contributed by atoms with Gasteiger partial charge in [0.15, 0.2) is 5.65 Å². The topological polar surface area (TPSA) is 98.6 Å². The van der Waals surface area contributed by atoms with E-state index < -0.39 is 0 Å². The first-order valence-corrected chi connectivity index (χ1v) is 12.6. The van der Waals surface area contributed by atoms with E-state index in [1.54, 1.807) is 4.52 Å². The van der Waals surface area contributed by atoms with Gasteiger partial charge in [0, 0.05) is 11.6 Å². The Morgan fingerprint density at radius 1 is 1.00 bits per heavy atom. The lowest BCUT2D eigenvalue weighted by atomic mass is 9.98. The highest BCUT2D eigenvalue weighted by Crippen LogP contribution is 2.39. The van der Waals surface area contributed by atoms with Crippen molar-refractivity contribution >= 4 is 16.7 Å². The van der Waals surface area contributed by atoms with Crippen molar-refractivity contribution in [2.24, 2.45) is 5.92 Å². The molecule has 0 amide bonds. The molecule has 1 aliphatic rings. The minimum Gasteiger partial charge on any atom is -0.477 e. The number of aromatic amines is 1. The highest BCUT2D eigenvalue weighted by atomic mass is 16.5. The predicted octanol–water partition coefficient (Wildman–Crippen LogP) is 4.57. The maximum absolute atomic E-state index is 6.14. The van der Waals surface area contributed by atoms with Crippen molar-refractivity contribution in [2.45, 2.75) is 46.5 Å². The molecule has 0 spiro atoms. The van der Waals surface area contributed by atoms with Crippen LogP contribution in [0.1, 0.15) is 52.0 Å². The first-order valence-electron chi connectivity index (χ1n) is 12.6. The van der Waals surface area contributed by atoms with Crippen molar-refractivity contribution < 1.29 is 14.2 Å². The molecule has 5 rings (SSSR count). The third-order valence-corrected chi connectivity index (χ3v) is 6.42. The molecule has 5 heterocycles. The summed E-state index contributed by atoms with van der Waals surface area (Å²) in [6.45, 7) is 12.1. The first-order chi connectivity index (χ1) is 17.1. The van der Waals surface area contributed by atoms with Crippen molar-refractivity contribution in [1.82, 2.24) is 29.9 Å². The van der Waals surface area contributed by atoms with Crippen LogP contribution in [-0.4, -0.2) is 57.5 Å². The zero-order valence-electron chi connectivity index (χ0n) is 20.9. The molecular weight excluding hydrogens is 444 g/mol. The highest BCUT2D eigenvalue weighted by Gasteiger charge is 2.23. The number of pyridine rings is 2. The number of ether oxygens (including phenoxy) is 3. The van der Waals surface area contributed by atoms with E-state index in [4.69, 9.17) is 19.2 Å². The van der Waals surface area contributed by atoms with Gasteiger partial charge in [-0.15, -0.1) is 5.10 Å². The van der Waals surface area contributed by atoms with Gasteiger partial charge in [-0.2, -0.15) is 9.50 Å². The third kappa shape index (κ3) is 4.65. The number of hydrogen-bond acceptors (Lipinski definition) is 7. The van der Waals surface area contributed by atoms with Crippen LogP contribution in [0.5, 0.6) is 17.8 Å². The first kappa shape index (κ1) is 23.4. The molecule has 2 N–H and O–H groups in total. The maximum Gasteiger partial charge on any atom is 0.336 e. The second kappa shape index (κ2) is 10.1. The van der Waals surface area contributed by atoms with Crippen LogP contribution in [0.2, 0.25) is 0 Å². The quantitative estimate of drug-likeness (QED) is 0.363. The zero-order valence-corrected chi connectivity index (χ0v) is 20.9. The molecular formula is C26H34N6O3. The monoisotopic (exact) mass is 478 g/mol. The summed E-state index contributed by atoms with van der Waals surface area (Å²) in [5.41, 5.74) is 5.57. The van der Waals surface area contributed by atoms with E-state index in [9.17, 15) is 0 Å². The Hall–Kier alpha value is -3.33. The molecule has 0 radical (unpaired) electrons. The average molecular weight is 479 g/mol. The molecule has 4 aromatic heterocycles. The normalized spacial score (nSPS) is 14.8. The summed E-state index contributed by atoms with van der Waals surface area (Å²) < 4.78 is 19.5. The van der Waals surface area contributed by atoms with Gasteiger partial charge in [-0.05, 0) is 69.8 Å². The summed E-state index contributed by atoms with van der Waals surface area (Å²) >= 11 is 0. The minimum atomic E-state index is 0.228. The van der Waals surface area contributed by atoms with Crippen molar-refractivity contribution in [3.63, 3.8) is 0 Å². The van der Waals surface area contributed by atoms with Crippen molar-refractivity contribution in [1.29, 1.82) is 0 Å². The van der Waals surface area contributed by atoms with Gasteiger partial charge in [-0.25, -0.2) is 4.98 Å². The van der Waals surface area contributed by atoms with E-state index in [1.165, 1.54) is 0 Å². The molecule has 0 atom stereocenters. The van der Waals surface area contributed by atoms with Gasteiger partial charge < -0.3 is 24.5 Å². The Labute approximate surface area is 205 Å². The van der Waals surface area contributed by atoms with E-state index >= 15 is 0 Å². The fourth-order valence-corrected chi connectivity index (χ4v) is 4.74. The second-order valence-electron chi connectivity index (χ2n) is 9.20. The van der Waals surface area contributed by atoms with Crippen molar-refractivity contribution in [3.8, 4) is 29.0 Å². The summed E-state index contributed by atoms with van der Waals surface area (Å²) in [6.07, 6.45) is 2.29. The van der Waals surface area contributed by atoms with Crippen LogP contribution >= 0.6 is 0 Å². The van der Waals surface area contributed by atoms with Gasteiger partial charge in [0.2, 0.25) is 11.8 Å². The number of fused-ring (bicyclic) bond motifs is 2. The molecule has 0 unspecified atom stereocenters. The summed E-state index contributed by atoms with van der Waals surface area (Å²) in [7, 11) is 0. The number of piperidine rings is 1. The van der Waals surface area contributed by atoms with E-state index in [-0.39, 0.29) is 5.92 Å². The Morgan fingerprint density at radius 3 is 2.54 bits per heavy atom. The number of nitrogens with zero attached hydrogens (tertiary/aromatic N) is 4. The van der Waals surface area contributed by atoms with Crippen molar-refractivity contribution in [3.05, 3.63) is 29.8 Å². The fourth-order valence-electron chi connectivity index (χ4n) is 4.74. The molecule has 4 aromatic rings. The van der Waals surface area contributed by atoms with Gasteiger partial charge in [0.25, 0.3) is 0 Å². The molecule has 0 saturated carbocycles. The Balaban J connectivity index is 1.56. The maximum atomic E-state index is 6.14. The van der Waals surface area contributed by atoms with Crippen LogP contribution in [0, 0.1) is 5.92 Å². The summed E-state index contributed by atoms with van der Waals surface area (Å²) in [4.78, 5) is 13.0. The minimum absolute atomic E-state index is 0.228. The summed E-state index contributed by atoms with van der Waals surface area (Å²) in [5.74, 6) is 2.09. The van der Waals surface area contributed by atoms with Gasteiger partial charge in [-0.3, -0.25) is 0 Å². The summed E-state index contributed by atoms with van der Waals surface area (Å²) in [5, 5.41) is 7.93. The standard InChI is InChI=1S/C26H34N6O3/c1-5-33-25-18(7-9-20-29-26(34-6-2)31-32(20)25)23-22(16(3)4)24-19(28-23)8-10-21(30-24)35-15-17-11-13-27-14-12-17/h7-10,16-17,27-28H,5-6,11-15H2,1-4H3. The molecule has 0 aromatic carbocycles.